The van der Waals surface area contributed by atoms with Gasteiger partial charge in [0.05, 0.1) is 10.7 Å². The van der Waals surface area contributed by atoms with E-state index in [-0.39, 0.29) is 0 Å². The highest BCUT2D eigenvalue weighted by molar-refractivity contribution is 6.33. The van der Waals surface area contributed by atoms with Gasteiger partial charge < -0.3 is 10.6 Å². The summed E-state index contributed by atoms with van der Waals surface area (Å²) in [7, 11) is 1.89. The first-order chi connectivity index (χ1) is 7.79. The first-order valence-corrected chi connectivity index (χ1v) is 6.06. The predicted molar refractivity (Wildman–Crippen MR) is 69.1 cm³/mol. The molecule has 2 rings (SSSR count). The minimum Gasteiger partial charge on any atom is -0.387 e. The number of anilines is 1. The van der Waals surface area contributed by atoms with Crippen LogP contribution in [0.5, 0.6) is 0 Å². The van der Waals surface area contributed by atoms with Crippen molar-refractivity contribution in [3.05, 3.63) is 28.8 Å². The Labute approximate surface area is 102 Å². The monoisotopic (exact) mass is 239 g/mol. The molecular weight excluding hydrogens is 222 g/mol. The van der Waals surface area contributed by atoms with Gasteiger partial charge in [0, 0.05) is 39.8 Å². The van der Waals surface area contributed by atoms with E-state index in [2.05, 4.69) is 27.7 Å². The first-order valence-electron chi connectivity index (χ1n) is 5.69. The van der Waals surface area contributed by atoms with Gasteiger partial charge in [0.1, 0.15) is 0 Å². The lowest BCUT2D eigenvalue weighted by Crippen LogP contribution is -2.42. The number of rotatable bonds is 3. The van der Waals surface area contributed by atoms with Crippen LogP contribution < -0.4 is 10.6 Å². The maximum absolute atomic E-state index is 6.15. The largest absolute Gasteiger partial charge is 0.387 e. The highest BCUT2D eigenvalue weighted by atomic mass is 35.5. The fraction of sp³-hybridized carbons (Fsp3) is 0.500. The summed E-state index contributed by atoms with van der Waals surface area (Å²) in [5, 5.41) is 7.22. The molecule has 1 aliphatic rings. The van der Waals surface area contributed by atoms with Gasteiger partial charge in [-0.2, -0.15) is 0 Å². The van der Waals surface area contributed by atoms with Gasteiger partial charge in [-0.1, -0.05) is 17.7 Å². The second-order valence-electron chi connectivity index (χ2n) is 4.09. The molecule has 3 nitrogen and oxygen atoms in total. The van der Waals surface area contributed by atoms with E-state index in [1.165, 1.54) is 5.56 Å². The van der Waals surface area contributed by atoms with Crippen molar-refractivity contribution in [2.24, 2.45) is 0 Å². The fourth-order valence-corrected chi connectivity index (χ4v) is 2.28. The van der Waals surface area contributed by atoms with Crippen molar-refractivity contribution in [1.29, 1.82) is 0 Å². The molecule has 0 saturated carbocycles. The molecule has 1 aromatic rings. The van der Waals surface area contributed by atoms with Crippen molar-refractivity contribution in [2.45, 2.75) is 6.54 Å². The SMILES string of the molecule is CNc1ccc(CN2CCNCC2)cc1Cl. The van der Waals surface area contributed by atoms with Crippen LogP contribution in [0.2, 0.25) is 5.02 Å². The molecule has 0 aromatic heterocycles. The van der Waals surface area contributed by atoms with E-state index in [0.717, 1.165) is 43.4 Å². The molecule has 0 atom stereocenters. The van der Waals surface area contributed by atoms with E-state index in [0.29, 0.717) is 0 Å². The lowest BCUT2D eigenvalue weighted by molar-refractivity contribution is 0.233. The van der Waals surface area contributed by atoms with Crippen LogP contribution in [0.4, 0.5) is 5.69 Å². The molecule has 0 radical (unpaired) electrons. The van der Waals surface area contributed by atoms with Gasteiger partial charge in [0.15, 0.2) is 0 Å². The molecule has 0 aliphatic carbocycles. The number of hydrogen-bond donors (Lipinski definition) is 2. The molecule has 4 heteroatoms. The summed E-state index contributed by atoms with van der Waals surface area (Å²) in [5.74, 6) is 0. The quantitative estimate of drug-likeness (QED) is 0.842. The number of nitrogens with one attached hydrogen (secondary N) is 2. The van der Waals surface area contributed by atoms with Gasteiger partial charge >= 0.3 is 0 Å². The summed E-state index contributed by atoms with van der Waals surface area (Å²) < 4.78 is 0. The average molecular weight is 240 g/mol. The van der Waals surface area contributed by atoms with Gasteiger partial charge in [-0.25, -0.2) is 0 Å². The lowest BCUT2D eigenvalue weighted by Gasteiger charge is -2.27. The number of hydrogen-bond acceptors (Lipinski definition) is 3. The van der Waals surface area contributed by atoms with E-state index >= 15 is 0 Å². The Balaban J connectivity index is 2.01. The van der Waals surface area contributed by atoms with Crippen LogP contribution in [0.15, 0.2) is 18.2 Å². The standard InChI is InChI=1S/C12H18ClN3/c1-14-12-3-2-10(8-11(12)13)9-16-6-4-15-5-7-16/h2-3,8,14-15H,4-7,9H2,1H3. The van der Waals surface area contributed by atoms with Crippen LogP contribution in [-0.2, 0) is 6.54 Å². The van der Waals surface area contributed by atoms with Crippen LogP contribution in [0.1, 0.15) is 5.56 Å². The van der Waals surface area contributed by atoms with E-state index in [1.807, 2.05) is 13.1 Å². The summed E-state index contributed by atoms with van der Waals surface area (Å²) in [6.07, 6.45) is 0. The molecule has 1 heterocycles. The summed E-state index contributed by atoms with van der Waals surface area (Å²) in [6.45, 7) is 5.40. The molecule has 1 aromatic carbocycles. The van der Waals surface area contributed by atoms with Gasteiger partial charge in [0.25, 0.3) is 0 Å². The molecule has 0 spiro atoms. The second-order valence-corrected chi connectivity index (χ2v) is 4.50. The van der Waals surface area contributed by atoms with Crippen LogP contribution >= 0.6 is 11.6 Å². The summed E-state index contributed by atoms with van der Waals surface area (Å²) >= 11 is 6.15. The predicted octanol–water partition coefficient (Wildman–Crippen LogP) is 1.79. The van der Waals surface area contributed by atoms with Crippen molar-refractivity contribution >= 4 is 17.3 Å². The fourth-order valence-electron chi connectivity index (χ4n) is 1.99. The minimum absolute atomic E-state index is 0.801. The molecule has 0 unspecified atom stereocenters. The number of benzene rings is 1. The van der Waals surface area contributed by atoms with Crippen molar-refractivity contribution in [2.75, 3.05) is 38.5 Å². The molecule has 1 saturated heterocycles. The maximum Gasteiger partial charge on any atom is 0.0640 e. The highest BCUT2D eigenvalue weighted by Gasteiger charge is 2.10. The summed E-state index contributed by atoms with van der Waals surface area (Å²) in [4.78, 5) is 2.45. The Hall–Kier alpha value is -0.770. The molecule has 2 N–H and O–H groups in total. The summed E-state index contributed by atoms with van der Waals surface area (Å²) in [5.41, 5.74) is 2.27. The van der Waals surface area contributed by atoms with Crippen LogP contribution in [-0.4, -0.2) is 38.1 Å². The van der Waals surface area contributed by atoms with E-state index < -0.39 is 0 Å². The maximum atomic E-state index is 6.15. The second kappa shape index (κ2) is 5.53. The Kier molecular flexibility index (Phi) is 4.04. The van der Waals surface area contributed by atoms with Gasteiger partial charge in [-0.15, -0.1) is 0 Å². The Morgan fingerprint density at radius 3 is 2.75 bits per heavy atom. The molecule has 1 aliphatic heterocycles. The van der Waals surface area contributed by atoms with Gasteiger partial charge in [-0.05, 0) is 17.7 Å². The van der Waals surface area contributed by atoms with Crippen molar-refractivity contribution < 1.29 is 0 Å². The van der Waals surface area contributed by atoms with Crippen molar-refractivity contribution in [1.82, 2.24) is 10.2 Å². The van der Waals surface area contributed by atoms with Crippen LogP contribution in [0.3, 0.4) is 0 Å². The summed E-state index contributed by atoms with van der Waals surface area (Å²) in [6, 6.07) is 6.23. The molecule has 16 heavy (non-hydrogen) atoms. The van der Waals surface area contributed by atoms with E-state index in [4.69, 9.17) is 11.6 Å². The average Bonchev–Trinajstić information content (AvgIpc) is 2.31. The Morgan fingerprint density at radius 1 is 1.38 bits per heavy atom. The number of halogens is 1. The third-order valence-corrected chi connectivity index (χ3v) is 3.23. The first kappa shape index (κ1) is 11.7. The van der Waals surface area contributed by atoms with Crippen molar-refractivity contribution in [3.8, 4) is 0 Å². The number of nitrogens with zero attached hydrogens (tertiary/aromatic N) is 1. The Morgan fingerprint density at radius 2 is 2.12 bits per heavy atom. The van der Waals surface area contributed by atoms with Crippen LogP contribution in [0, 0.1) is 0 Å². The normalized spacial score (nSPS) is 17.4. The molecular formula is C12H18ClN3. The topological polar surface area (TPSA) is 27.3 Å². The zero-order chi connectivity index (χ0) is 11.4. The van der Waals surface area contributed by atoms with Gasteiger partial charge in [-0.3, -0.25) is 4.90 Å². The Bertz CT molecular complexity index is 348. The molecule has 0 amide bonds. The van der Waals surface area contributed by atoms with Crippen molar-refractivity contribution in [3.63, 3.8) is 0 Å². The smallest absolute Gasteiger partial charge is 0.0640 e. The third-order valence-electron chi connectivity index (χ3n) is 2.92. The third kappa shape index (κ3) is 2.88. The number of piperazine rings is 1. The molecule has 88 valence electrons. The highest BCUT2D eigenvalue weighted by Crippen LogP contribution is 2.23. The zero-order valence-corrected chi connectivity index (χ0v) is 10.3. The minimum atomic E-state index is 0.801. The van der Waals surface area contributed by atoms with E-state index in [9.17, 15) is 0 Å². The zero-order valence-electron chi connectivity index (χ0n) is 9.59. The van der Waals surface area contributed by atoms with Crippen LogP contribution in [0.25, 0.3) is 0 Å². The van der Waals surface area contributed by atoms with E-state index in [1.54, 1.807) is 0 Å². The van der Waals surface area contributed by atoms with Gasteiger partial charge in [0.2, 0.25) is 0 Å². The lowest BCUT2D eigenvalue weighted by atomic mass is 10.2. The molecule has 1 fully saturated rings. The molecule has 0 bridgehead atoms.